The molecule has 38 heavy (non-hydrogen) atoms. The van der Waals surface area contributed by atoms with Crippen LogP contribution in [0.5, 0.6) is 5.75 Å². The maximum Gasteiger partial charge on any atom is 0.201 e. The molecule has 0 amide bonds. The van der Waals surface area contributed by atoms with Crippen molar-refractivity contribution in [3.8, 4) is 28.0 Å². The van der Waals surface area contributed by atoms with E-state index < -0.39 is 11.6 Å². The van der Waals surface area contributed by atoms with E-state index in [1.54, 1.807) is 30.3 Å². The van der Waals surface area contributed by atoms with Gasteiger partial charge in [0.15, 0.2) is 11.6 Å². The topological polar surface area (TPSA) is 9.23 Å². The molecule has 0 heterocycles. The highest BCUT2D eigenvalue weighted by molar-refractivity contribution is 5.74. The molecular formula is C34H37F3O. The van der Waals surface area contributed by atoms with Crippen molar-refractivity contribution in [2.24, 2.45) is 5.92 Å². The number of hydrogen-bond donors (Lipinski definition) is 0. The van der Waals surface area contributed by atoms with Gasteiger partial charge in [0.05, 0.1) is 6.61 Å². The highest BCUT2D eigenvalue weighted by Gasteiger charge is 2.18. The Hall–Kier alpha value is -3.27. The molecule has 3 aromatic rings. The zero-order valence-electron chi connectivity index (χ0n) is 22.4. The van der Waals surface area contributed by atoms with Gasteiger partial charge in [0.25, 0.3) is 0 Å². The summed E-state index contributed by atoms with van der Waals surface area (Å²) in [4.78, 5) is 0. The first-order valence-electron chi connectivity index (χ1n) is 13.8. The molecule has 1 aliphatic rings. The van der Waals surface area contributed by atoms with Crippen molar-refractivity contribution in [1.29, 1.82) is 0 Å². The van der Waals surface area contributed by atoms with Crippen molar-refractivity contribution in [3.05, 3.63) is 95.8 Å². The maximum absolute atomic E-state index is 15.1. The highest BCUT2D eigenvalue weighted by Crippen LogP contribution is 2.35. The third kappa shape index (κ3) is 6.78. The van der Waals surface area contributed by atoms with Gasteiger partial charge in [0.2, 0.25) is 5.82 Å². The molecule has 0 saturated carbocycles. The lowest BCUT2D eigenvalue weighted by atomic mass is 9.84. The van der Waals surface area contributed by atoms with Crippen molar-refractivity contribution in [1.82, 2.24) is 0 Å². The fourth-order valence-electron chi connectivity index (χ4n) is 5.09. The first-order valence-corrected chi connectivity index (χ1v) is 13.8. The van der Waals surface area contributed by atoms with Crippen molar-refractivity contribution < 1.29 is 17.9 Å². The van der Waals surface area contributed by atoms with E-state index in [2.05, 4.69) is 32.1 Å². The first-order chi connectivity index (χ1) is 18.5. The van der Waals surface area contributed by atoms with Gasteiger partial charge in [-0.3, -0.25) is 0 Å². The number of benzene rings is 3. The van der Waals surface area contributed by atoms with Crippen LogP contribution in [0.25, 0.3) is 27.8 Å². The monoisotopic (exact) mass is 518 g/mol. The fraction of sp³-hybridized carbons (Fsp3) is 0.353. The van der Waals surface area contributed by atoms with Crippen molar-refractivity contribution in [3.63, 3.8) is 0 Å². The van der Waals surface area contributed by atoms with Gasteiger partial charge in [-0.05, 0) is 91.8 Å². The van der Waals surface area contributed by atoms with Crippen LogP contribution in [0.15, 0.2) is 72.8 Å². The molecule has 4 rings (SSSR count). The largest absolute Gasteiger partial charge is 0.490 e. The number of rotatable bonds is 11. The highest BCUT2D eigenvalue weighted by atomic mass is 19.2. The van der Waals surface area contributed by atoms with E-state index in [0.29, 0.717) is 29.2 Å². The molecule has 0 fully saturated rings. The number of hydrogen-bond acceptors (Lipinski definition) is 1. The summed E-state index contributed by atoms with van der Waals surface area (Å²) in [5, 5.41) is 0. The van der Waals surface area contributed by atoms with Gasteiger partial charge >= 0.3 is 0 Å². The van der Waals surface area contributed by atoms with E-state index in [0.717, 1.165) is 50.5 Å². The van der Waals surface area contributed by atoms with Gasteiger partial charge in [-0.1, -0.05) is 74.4 Å². The third-order valence-corrected chi connectivity index (χ3v) is 7.40. The standard InChI is InChI=1S/C34H37F3O/c1-3-5-7-9-24-10-12-25(13-11-24)28-18-19-29(31(35)23-28)26-14-16-27(17-15-26)30-20-21-32(34(37)33(30)36)38-22-8-6-4-2/h3,5,12,14-21,23-24H,4,6-11,13,22H2,1-2H3/b5-3+. The van der Waals surface area contributed by atoms with Crippen LogP contribution in [0, 0.1) is 23.4 Å². The van der Waals surface area contributed by atoms with Crippen LogP contribution in [0.3, 0.4) is 0 Å². The SMILES string of the molecule is C/C=C/CCC1CC=C(c2ccc(-c3ccc(-c4ccc(OCCCCC)c(F)c4F)cc3)c(F)c2)CC1. The van der Waals surface area contributed by atoms with Crippen molar-refractivity contribution >= 4 is 5.57 Å². The van der Waals surface area contributed by atoms with E-state index in [9.17, 15) is 8.78 Å². The number of ether oxygens (including phenoxy) is 1. The smallest absolute Gasteiger partial charge is 0.201 e. The average molecular weight is 519 g/mol. The van der Waals surface area contributed by atoms with E-state index in [1.807, 2.05) is 12.1 Å². The zero-order chi connectivity index (χ0) is 26.9. The van der Waals surface area contributed by atoms with Gasteiger partial charge in [0.1, 0.15) is 5.82 Å². The first kappa shape index (κ1) is 27.8. The molecule has 1 atom stereocenters. The second-order valence-electron chi connectivity index (χ2n) is 10.1. The molecule has 0 aliphatic heterocycles. The summed E-state index contributed by atoms with van der Waals surface area (Å²) in [6.45, 7) is 4.48. The average Bonchev–Trinajstić information content (AvgIpc) is 2.94. The summed E-state index contributed by atoms with van der Waals surface area (Å²) >= 11 is 0. The lowest BCUT2D eigenvalue weighted by molar-refractivity contribution is 0.286. The Balaban J connectivity index is 1.45. The van der Waals surface area contributed by atoms with E-state index in [4.69, 9.17) is 4.74 Å². The minimum Gasteiger partial charge on any atom is -0.490 e. The molecule has 0 saturated heterocycles. The molecular weight excluding hydrogens is 481 g/mol. The molecule has 0 radical (unpaired) electrons. The van der Waals surface area contributed by atoms with Crippen LogP contribution in [0.2, 0.25) is 0 Å². The maximum atomic E-state index is 15.1. The van der Waals surface area contributed by atoms with Gasteiger partial charge in [-0.25, -0.2) is 8.78 Å². The van der Waals surface area contributed by atoms with E-state index in [1.165, 1.54) is 24.1 Å². The minimum absolute atomic E-state index is 0.0709. The number of unbranched alkanes of at least 4 members (excludes halogenated alkanes) is 2. The van der Waals surface area contributed by atoms with Crippen LogP contribution in [-0.2, 0) is 0 Å². The zero-order valence-corrected chi connectivity index (χ0v) is 22.4. The summed E-state index contributed by atoms with van der Waals surface area (Å²) in [5.41, 5.74) is 4.00. The molecule has 200 valence electrons. The predicted molar refractivity (Wildman–Crippen MR) is 152 cm³/mol. The Morgan fingerprint density at radius 3 is 2.24 bits per heavy atom. The second kappa shape index (κ2) is 13.5. The van der Waals surface area contributed by atoms with Gasteiger partial charge in [-0.2, -0.15) is 4.39 Å². The number of allylic oxidation sites excluding steroid dienone is 4. The van der Waals surface area contributed by atoms with Crippen molar-refractivity contribution in [2.75, 3.05) is 6.61 Å². The lowest BCUT2D eigenvalue weighted by Crippen LogP contribution is -2.05. The number of halogens is 3. The summed E-state index contributed by atoms with van der Waals surface area (Å²) in [7, 11) is 0. The Bertz CT molecular complexity index is 1270. The summed E-state index contributed by atoms with van der Waals surface area (Å²) in [6.07, 6.45) is 14.9. The lowest BCUT2D eigenvalue weighted by Gasteiger charge is -2.22. The Morgan fingerprint density at radius 1 is 0.868 bits per heavy atom. The Kier molecular flexibility index (Phi) is 9.86. The Morgan fingerprint density at radius 2 is 1.58 bits per heavy atom. The fourth-order valence-corrected chi connectivity index (χ4v) is 5.09. The van der Waals surface area contributed by atoms with E-state index >= 15 is 4.39 Å². The molecule has 1 aliphatic carbocycles. The minimum atomic E-state index is -0.981. The molecule has 1 unspecified atom stereocenters. The second-order valence-corrected chi connectivity index (χ2v) is 10.1. The quantitative estimate of drug-likeness (QED) is 0.181. The predicted octanol–water partition coefficient (Wildman–Crippen LogP) is 10.5. The molecule has 1 nitrogen and oxygen atoms in total. The summed E-state index contributed by atoms with van der Waals surface area (Å²) in [5.74, 6) is -1.58. The van der Waals surface area contributed by atoms with Gasteiger partial charge in [-0.15, -0.1) is 0 Å². The van der Waals surface area contributed by atoms with Crippen LogP contribution < -0.4 is 4.74 Å². The molecule has 3 aromatic carbocycles. The molecule has 0 aromatic heterocycles. The van der Waals surface area contributed by atoms with Gasteiger partial charge in [0, 0.05) is 11.1 Å². The Labute approximate surface area is 225 Å². The molecule has 0 N–H and O–H groups in total. The summed E-state index contributed by atoms with van der Waals surface area (Å²) < 4.78 is 50.0. The van der Waals surface area contributed by atoms with Crippen LogP contribution in [-0.4, -0.2) is 6.61 Å². The van der Waals surface area contributed by atoms with Crippen LogP contribution >= 0.6 is 0 Å². The third-order valence-electron chi connectivity index (χ3n) is 7.40. The summed E-state index contributed by atoms with van der Waals surface area (Å²) in [6, 6.07) is 15.3. The van der Waals surface area contributed by atoms with Crippen LogP contribution in [0.1, 0.15) is 70.8 Å². The van der Waals surface area contributed by atoms with E-state index in [-0.39, 0.29) is 17.1 Å². The van der Waals surface area contributed by atoms with Crippen molar-refractivity contribution in [2.45, 2.75) is 65.2 Å². The normalized spacial score (nSPS) is 15.6. The molecule has 0 spiro atoms. The molecule has 4 heteroatoms. The molecule has 0 bridgehead atoms. The van der Waals surface area contributed by atoms with Gasteiger partial charge < -0.3 is 4.74 Å². The van der Waals surface area contributed by atoms with Crippen LogP contribution in [0.4, 0.5) is 13.2 Å².